The van der Waals surface area contributed by atoms with Crippen LogP contribution in [0, 0.1) is 11.8 Å². The first-order valence-electron chi connectivity index (χ1n) is 20.0. The molecule has 1 aliphatic rings. The van der Waals surface area contributed by atoms with Crippen molar-refractivity contribution in [3.05, 3.63) is 83.9 Å². The number of aromatic amines is 1. The second-order valence-corrected chi connectivity index (χ2v) is 16.4. The van der Waals surface area contributed by atoms with Crippen molar-refractivity contribution in [2.75, 3.05) is 7.11 Å². The van der Waals surface area contributed by atoms with E-state index in [0.29, 0.717) is 23.4 Å². The van der Waals surface area contributed by atoms with Gasteiger partial charge in [-0.3, -0.25) is 14.4 Å². The van der Waals surface area contributed by atoms with Gasteiger partial charge in [0.25, 0.3) is 0 Å². The summed E-state index contributed by atoms with van der Waals surface area (Å²) < 4.78 is 10.7. The van der Waals surface area contributed by atoms with E-state index in [9.17, 15) is 29.4 Å². The molecule has 0 bridgehead atoms. The molecule has 3 aromatic rings. The standard InChI is InChI=1S/C43H62N6O8/c1-28(2)36(50)22-37(51)34(20-29-12-8-6-9-13-29)48-40(54)43(44,23-32-25-45-27-46-32)39(53)35(21-30-16-18-33(56-5)19-17-30)47-38(52)24-42(3,4)49-41(55)57-26-31-14-10-7-11-15-31/h7,10-11,14-19,25,27-29,34-37,50-51H,6,8-9,12-13,20-24,26,44H2,1-5H3,(H,45,46)(H,47,52)(H,48,54)(H,49,55)/t34-,35-,36?,37?,43+/m0/s1. The summed E-state index contributed by atoms with van der Waals surface area (Å²) in [5.74, 6) is -1.47. The Morgan fingerprint density at radius 2 is 1.63 bits per heavy atom. The Balaban J connectivity index is 1.60. The molecule has 0 aliphatic heterocycles. The van der Waals surface area contributed by atoms with Gasteiger partial charge < -0.3 is 46.4 Å². The Morgan fingerprint density at radius 3 is 2.25 bits per heavy atom. The predicted octanol–water partition coefficient (Wildman–Crippen LogP) is 4.27. The topological polar surface area (TPSA) is 218 Å². The number of aromatic nitrogens is 2. The van der Waals surface area contributed by atoms with E-state index < -0.39 is 59.1 Å². The van der Waals surface area contributed by atoms with Gasteiger partial charge in [0, 0.05) is 31.0 Å². The summed E-state index contributed by atoms with van der Waals surface area (Å²) in [6, 6.07) is 14.0. The van der Waals surface area contributed by atoms with Gasteiger partial charge in [0.15, 0.2) is 11.3 Å². The lowest BCUT2D eigenvalue weighted by molar-refractivity contribution is -0.140. The summed E-state index contributed by atoms with van der Waals surface area (Å²) in [4.78, 5) is 63.1. The molecule has 8 N–H and O–H groups in total. The summed E-state index contributed by atoms with van der Waals surface area (Å²) in [6.07, 6.45) is 5.32. The quantitative estimate of drug-likeness (QED) is 0.0761. The van der Waals surface area contributed by atoms with Crippen molar-refractivity contribution in [3.63, 3.8) is 0 Å². The van der Waals surface area contributed by atoms with E-state index in [1.165, 1.54) is 19.6 Å². The normalized spacial score (nSPS) is 16.7. The molecule has 1 aliphatic carbocycles. The molecule has 2 unspecified atom stereocenters. The minimum Gasteiger partial charge on any atom is -0.497 e. The summed E-state index contributed by atoms with van der Waals surface area (Å²) in [5.41, 5.74) is 5.42. The van der Waals surface area contributed by atoms with Crippen LogP contribution in [-0.2, 0) is 38.6 Å². The molecular weight excluding hydrogens is 729 g/mol. The molecule has 5 atom stereocenters. The molecule has 14 heteroatoms. The molecule has 0 radical (unpaired) electrons. The third-order valence-electron chi connectivity index (χ3n) is 10.7. The number of benzene rings is 2. The average molecular weight is 791 g/mol. The molecule has 2 aromatic carbocycles. The van der Waals surface area contributed by atoms with Crippen molar-refractivity contribution in [1.82, 2.24) is 25.9 Å². The van der Waals surface area contributed by atoms with Gasteiger partial charge in [0.1, 0.15) is 12.4 Å². The number of alkyl carbamates (subject to hydrolysis) is 1. The number of amides is 3. The Kier molecular flexibility index (Phi) is 16.6. The molecule has 3 amide bonds. The summed E-state index contributed by atoms with van der Waals surface area (Å²) in [6.45, 7) is 7.06. The number of aliphatic hydroxyl groups excluding tert-OH is 2. The van der Waals surface area contributed by atoms with Gasteiger partial charge >= 0.3 is 6.09 Å². The molecule has 4 rings (SSSR count). The summed E-state index contributed by atoms with van der Waals surface area (Å²) in [5, 5.41) is 30.7. The van der Waals surface area contributed by atoms with Crippen LogP contribution in [0.3, 0.4) is 0 Å². The van der Waals surface area contributed by atoms with Gasteiger partial charge in [-0.25, -0.2) is 9.78 Å². The maximum absolute atomic E-state index is 14.9. The van der Waals surface area contributed by atoms with Crippen LogP contribution in [0.5, 0.6) is 5.75 Å². The molecular formula is C43H62N6O8. The highest BCUT2D eigenvalue weighted by atomic mass is 16.5. The van der Waals surface area contributed by atoms with E-state index in [1.807, 2.05) is 44.2 Å². The van der Waals surface area contributed by atoms with E-state index in [4.69, 9.17) is 15.2 Å². The lowest BCUT2D eigenvalue weighted by Crippen LogP contribution is -2.68. The molecule has 0 spiro atoms. The Hall–Kier alpha value is -4.79. The monoisotopic (exact) mass is 790 g/mol. The molecule has 57 heavy (non-hydrogen) atoms. The lowest BCUT2D eigenvalue weighted by Gasteiger charge is -2.36. The number of ketones is 1. The van der Waals surface area contributed by atoms with E-state index in [-0.39, 0.29) is 44.1 Å². The van der Waals surface area contributed by atoms with Crippen LogP contribution < -0.4 is 26.4 Å². The number of nitrogens with one attached hydrogen (secondary N) is 4. The third kappa shape index (κ3) is 14.0. The number of hydrogen-bond donors (Lipinski definition) is 7. The first-order chi connectivity index (χ1) is 27.1. The predicted molar refractivity (Wildman–Crippen MR) is 216 cm³/mol. The number of imidazole rings is 1. The Bertz CT molecular complexity index is 1710. The van der Waals surface area contributed by atoms with Crippen molar-refractivity contribution in [3.8, 4) is 5.75 Å². The Labute approximate surface area is 336 Å². The number of carbonyl (C=O) groups is 4. The highest BCUT2D eigenvalue weighted by molar-refractivity contribution is 6.13. The van der Waals surface area contributed by atoms with Crippen molar-refractivity contribution < 1.29 is 38.9 Å². The highest BCUT2D eigenvalue weighted by Gasteiger charge is 2.47. The van der Waals surface area contributed by atoms with E-state index in [1.54, 1.807) is 38.1 Å². The maximum Gasteiger partial charge on any atom is 0.407 e. The van der Waals surface area contributed by atoms with Gasteiger partial charge in [-0.15, -0.1) is 0 Å². The van der Waals surface area contributed by atoms with Crippen LogP contribution in [0.25, 0.3) is 0 Å². The number of Topliss-reactive ketones (excluding diaryl/α,β-unsaturated/α-hetero) is 1. The molecule has 1 saturated carbocycles. The fourth-order valence-electron chi connectivity index (χ4n) is 7.27. The summed E-state index contributed by atoms with van der Waals surface area (Å²) >= 11 is 0. The number of ether oxygens (including phenoxy) is 2. The minimum absolute atomic E-state index is 0.0248. The SMILES string of the molecule is COc1ccc(C[C@H](NC(=O)CC(C)(C)NC(=O)OCc2ccccc2)C(=O)[C@](N)(Cc2c[nH]cn2)C(=O)N[C@@H](CC2CCCCC2)C(O)CC(O)C(C)C)cc1. The number of aliphatic hydroxyl groups is 2. The largest absolute Gasteiger partial charge is 0.497 e. The van der Waals surface area contributed by atoms with Crippen LogP contribution >= 0.6 is 0 Å². The van der Waals surface area contributed by atoms with Gasteiger partial charge in [-0.1, -0.05) is 88.4 Å². The number of carbonyl (C=O) groups excluding carboxylic acids is 4. The number of hydrogen-bond acceptors (Lipinski definition) is 10. The van der Waals surface area contributed by atoms with Crippen molar-refractivity contribution >= 4 is 23.7 Å². The van der Waals surface area contributed by atoms with Gasteiger partial charge in [0.05, 0.1) is 43.4 Å². The maximum atomic E-state index is 14.9. The van der Waals surface area contributed by atoms with Crippen LogP contribution in [0.1, 0.15) is 95.9 Å². The van der Waals surface area contributed by atoms with Gasteiger partial charge in [-0.2, -0.15) is 0 Å². The zero-order chi connectivity index (χ0) is 41.6. The second-order valence-electron chi connectivity index (χ2n) is 16.4. The van der Waals surface area contributed by atoms with Crippen molar-refractivity contribution in [2.45, 2.75) is 134 Å². The third-order valence-corrected chi connectivity index (χ3v) is 10.7. The van der Waals surface area contributed by atoms with Crippen LogP contribution in [-0.4, -0.2) is 86.4 Å². The number of rotatable bonds is 21. The highest BCUT2D eigenvalue weighted by Crippen LogP contribution is 2.29. The molecule has 0 saturated heterocycles. The first-order valence-corrected chi connectivity index (χ1v) is 20.0. The van der Waals surface area contributed by atoms with Crippen molar-refractivity contribution in [1.29, 1.82) is 0 Å². The minimum atomic E-state index is -2.25. The molecule has 14 nitrogen and oxygen atoms in total. The van der Waals surface area contributed by atoms with Crippen LogP contribution in [0.4, 0.5) is 4.79 Å². The molecule has 1 aromatic heterocycles. The summed E-state index contributed by atoms with van der Waals surface area (Å²) in [7, 11) is 1.53. The van der Waals surface area contributed by atoms with Gasteiger partial charge in [-0.05, 0) is 61.8 Å². The van der Waals surface area contributed by atoms with Crippen molar-refractivity contribution in [2.24, 2.45) is 17.6 Å². The Morgan fingerprint density at radius 1 is 0.947 bits per heavy atom. The molecule has 1 heterocycles. The van der Waals surface area contributed by atoms with Crippen LogP contribution in [0.15, 0.2) is 67.1 Å². The van der Waals surface area contributed by atoms with Crippen LogP contribution in [0.2, 0.25) is 0 Å². The lowest BCUT2D eigenvalue weighted by atomic mass is 9.80. The fraction of sp³-hybridized carbons (Fsp3) is 0.558. The van der Waals surface area contributed by atoms with E-state index >= 15 is 0 Å². The second kappa shape index (κ2) is 21.1. The zero-order valence-corrected chi connectivity index (χ0v) is 34.0. The zero-order valence-electron chi connectivity index (χ0n) is 34.0. The number of nitrogens with two attached hydrogens (primary N) is 1. The number of H-pyrrole nitrogens is 1. The average Bonchev–Trinajstić information content (AvgIpc) is 3.69. The van der Waals surface area contributed by atoms with E-state index in [2.05, 4.69) is 25.9 Å². The van der Waals surface area contributed by atoms with Gasteiger partial charge in [0.2, 0.25) is 11.8 Å². The number of methoxy groups -OCH3 is 1. The fourth-order valence-corrected chi connectivity index (χ4v) is 7.27. The van der Waals surface area contributed by atoms with E-state index in [0.717, 1.165) is 37.7 Å². The smallest absolute Gasteiger partial charge is 0.407 e. The first kappa shape index (κ1) is 44.9. The molecule has 1 fully saturated rings. The molecule has 312 valence electrons. The number of nitrogens with zero attached hydrogens (tertiary/aromatic N) is 1.